The zero-order chi connectivity index (χ0) is 17.5. The van der Waals surface area contributed by atoms with E-state index in [2.05, 4.69) is 53.5 Å². The van der Waals surface area contributed by atoms with Gasteiger partial charge in [0.25, 0.3) is 5.91 Å². The van der Waals surface area contributed by atoms with Crippen LogP contribution in [0, 0.1) is 13.8 Å². The molecule has 0 atom stereocenters. The first-order valence-electron chi connectivity index (χ1n) is 8.54. The fourth-order valence-electron chi connectivity index (χ4n) is 2.52. The molecule has 5 nitrogen and oxygen atoms in total. The number of unbranched alkanes of at least 4 members (excludes halogenated alkanes) is 1. The van der Waals surface area contributed by atoms with Crippen LogP contribution in [0.2, 0.25) is 0 Å². The van der Waals surface area contributed by atoms with E-state index in [1.54, 1.807) is 6.07 Å². The molecule has 24 heavy (non-hydrogen) atoms. The van der Waals surface area contributed by atoms with E-state index in [0.717, 1.165) is 36.2 Å². The average molecular weight is 326 g/mol. The lowest BCUT2D eigenvalue weighted by Gasteiger charge is -2.14. The molecule has 0 radical (unpaired) electrons. The van der Waals surface area contributed by atoms with Gasteiger partial charge < -0.3 is 10.6 Å². The van der Waals surface area contributed by atoms with E-state index in [-0.39, 0.29) is 5.91 Å². The number of amides is 1. The largest absolute Gasteiger partial charge is 0.351 e. The summed E-state index contributed by atoms with van der Waals surface area (Å²) in [5.41, 5.74) is 4.51. The molecule has 0 saturated carbocycles. The minimum atomic E-state index is -0.155. The number of aryl methyl sites for hydroxylation is 3. The molecule has 128 valence electrons. The molecule has 5 heteroatoms. The molecule has 2 N–H and O–H groups in total. The number of nitrogens with one attached hydrogen (secondary N) is 2. The minimum Gasteiger partial charge on any atom is -0.351 e. The van der Waals surface area contributed by atoms with Crippen LogP contribution in [0.15, 0.2) is 24.3 Å². The van der Waals surface area contributed by atoms with Crippen molar-refractivity contribution in [1.82, 2.24) is 15.3 Å². The van der Waals surface area contributed by atoms with Gasteiger partial charge in [0.1, 0.15) is 5.69 Å². The van der Waals surface area contributed by atoms with Crippen molar-refractivity contribution in [2.75, 3.05) is 11.9 Å². The van der Waals surface area contributed by atoms with Crippen molar-refractivity contribution in [1.29, 1.82) is 0 Å². The highest BCUT2D eigenvalue weighted by Crippen LogP contribution is 2.24. The summed E-state index contributed by atoms with van der Waals surface area (Å²) in [6, 6.07) is 7.90. The van der Waals surface area contributed by atoms with Crippen molar-refractivity contribution in [3.63, 3.8) is 0 Å². The van der Waals surface area contributed by atoms with E-state index in [0.29, 0.717) is 18.2 Å². The van der Waals surface area contributed by atoms with Crippen LogP contribution in [-0.4, -0.2) is 22.4 Å². The molecule has 0 aliphatic heterocycles. The van der Waals surface area contributed by atoms with E-state index in [1.807, 2.05) is 13.0 Å². The fraction of sp³-hybridized carbons (Fsp3) is 0.421. The minimum absolute atomic E-state index is 0.155. The lowest BCUT2D eigenvalue weighted by Crippen LogP contribution is -2.25. The third-order valence-electron chi connectivity index (χ3n) is 3.88. The molecule has 0 fully saturated rings. The van der Waals surface area contributed by atoms with Gasteiger partial charge in [-0.25, -0.2) is 9.97 Å². The molecule has 1 aromatic heterocycles. The Morgan fingerprint density at radius 1 is 1.17 bits per heavy atom. The Labute approximate surface area is 143 Å². The topological polar surface area (TPSA) is 66.9 Å². The van der Waals surface area contributed by atoms with Crippen LogP contribution in [0.5, 0.6) is 0 Å². The summed E-state index contributed by atoms with van der Waals surface area (Å²) in [5.74, 6) is 0.303. The van der Waals surface area contributed by atoms with Crippen LogP contribution in [0.3, 0.4) is 0 Å². The lowest BCUT2D eigenvalue weighted by atomic mass is 10.1. The number of carbonyl (C=O) groups is 1. The SMILES string of the molecule is CCCCNC(=O)c1cc(C)nc(Nc2c(C)cccc2CC)n1. The first kappa shape index (κ1) is 17.9. The van der Waals surface area contributed by atoms with Crippen molar-refractivity contribution in [3.05, 3.63) is 46.8 Å². The van der Waals surface area contributed by atoms with Crippen LogP contribution in [0.4, 0.5) is 11.6 Å². The Morgan fingerprint density at radius 3 is 2.67 bits per heavy atom. The monoisotopic (exact) mass is 326 g/mol. The summed E-state index contributed by atoms with van der Waals surface area (Å²) in [4.78, 5) is 21.0. The van der Waals surface area contributed by atoms with Crippen LogP contribution in [0.25, 0.3) is 0 Å². The van der Waals surface area contributed by atoms with Crippen LogP contribution in [-0.2, 0) is 6.42 Å². The molecule has 0 spiro atoms. The molecule has 0 unspecified atom stereocenters. The number of hydrogen-bond acceptors (Lipinski definition) is 4. The van der Waals surface area contributed by atoms with E-state index in [9.17, 15) is 4.79 Å². The maximum atomic E-state index is 12.2. The van der Waals surface area contributed by atoms with Crippen LogP contribution < -0.4 is 10.6 Å². The Balaban J connectivity index is 2.24. The number of para-hydroxylation sites is 1. The standard InChI is InChI=1S/C19H26N4O/c1-5-7-11-20-18(24)16-12-14(4)21-19(22-16)23-17-13(3)9-8-10-15(17)6-2/h8-10,12H,5-7,11H2,1-4H3,(H,20,24)(H,21,22,23). The van der Waals surface area contributed by atoms with Crippen molar-refractivity contribution < 1.29 is 4.79 Å². The summed E-state index contributed by atoms with van der Waals surface area (Å²) in [6.45, 7) is 8.79. The molecular weight excluding hydrogens is 300 g/mol. The highest BCUT2D eigenvalue weighted by molar-refractivity contribution is 5.92. The van der Waals surface area contributed by atoms with Gasteiger partial charge in [-0.15, -0.1) is 0 Å². The van der Waals surface area contributed by atoms with Crippen LogP contribution >= 0.6 is 0 Å². The first-order valence-corrected chi connectivity index (χ1v) is 8.54. The normalized spacial score (nSPS) is 10.5. The van der Waals surface area contributed by atoms with Gasteiger partial charge in [-0.1, -0.05) is 38.5 Å². The summed E-state index contributed by atoms with van der Waals surface area (Å²) in [7, 11) is 0. The predicted molar refractivity (Wildman–Crippen MR) is 97.8 cm³/mol. The molecule has 2 rings (SSSR count). The maximum Gasteiger partial charge on any atom is 0.270 e. The molecule has 0 aliphatic rings. The summed E-state index contributed by atoms with van der Waals surface area (Å²) < 4.78 is 0. The molecule has 0 saturated heterocycles. The predicted octanol–water partition coefficient (Wildman–Crippen LogP) is 3.93. The van der Waals surface area contributed by atoms with E-state index < -0.39 is 0 Å². The Kier molecular flexibility index (Phi) is 6.29. The lowest BCUT2D eigenvalue weighted by molar-refractivity contribution is 0.0948. The summed E-state index contributed by atoms with van der Waals surface area (Å²) in [6.07, 6.45) is 2.92. The van der Waals surface area contributed by atoms with E-state index in [1.165, 1.54) is 5.56 Å². The molecule has 2 aromatic rings. The number of rotatable bonds is 7. The number of anilines is 2. The van der Waals surface area contributed by atoms with Crippen molar-refractivity contribution >= 4 is 17.5 Å². The van der Waals surface area contributed by atoms with Gasteiger partial charge in [0.05, 0.1) is 0 Å². The summed E-state index contributed by atoms with van der Waals surface area (Å²) >= 11 is 0. The molecule has 1 amide bonds. The zero-order valence-corrected chi connectivity index (χ0v) is 14.9. The van der Waals surface area contributed by atoms with Gasteiger partial charge >= 0.3 is 0 Å². The quantitative estimate of drug-likeness (QED) is 0.757. The first-order chi connectivity index (χ1) is 11.5. The molecular formula is C19H26N4O. The third kappa shape index (κ3) is 4.54. The number of aromatic nitrogens is 2. The molecule has 0 aliphatic carbocycles. The second kappa shape index (κ2) is 8.43. The van der Waals surface area contributed by atoms with E-state index in [4.69, 9.17) is 0 Å². The van der Waals surface area contributed by atoms with Gasteiger partial charge in [0, 0.05) is 17.9 Å². The van der Waals surface area contributed by atoms with Gasteiger partial charge in [-0.2, -0.15) is 0 Å². The highest BCUT2D eigenvalue weighted by atomic mass is 16.1. The number of hydrogen-bond donors (Lipinski definition) is 2. The zero-order valence-electron chi connectivity index (χ0n) is 14.9. The molecule has 1 aromatic carbocycles. The highest BCUT2D eigenvalue weighted by Gasteiger charge is 2.12. The van der Waals surface area contributed by atoms with Crippen LogP contribution in [0.1, 0.15) is 54.0 Å². The Bertz CT molecular complexity index is 713. The fourth-order valence-corrected chi connectivity index (χ4v) is 2.52. The number of nitrogens with zero attached hydrogens (tertiary/aromatic N) is 2. The second-order valence-electron chi connectivity index (χ2n) is 5.92. The Hall–Kier alpha value is -2.43. The Morgan fingerprint density at radius 2 is 1.96 bits per heavy atom. The average Bonchev–Trinajstić information content (AvgIpc) is 2.56. The van der Waals surface area contributed by atoms with Crippen molar-refractivity contribution in [2.45, 2.75) is 47.0 Å². The number of benzene rings is 1. The van der Waals surface area contributed by atoms with Crippen molar-refractivity contribution in [3.8, 4) is 0 Å². The van der Waals surface area contributed by atoms with Gasteiger partial charge in [0.2, 0.25) is 5.95 Å². The second-order valence-corrected chi connectivity index (χ2v) is 5.92. The molecule has 0 bridgehead atoms. The molecule has 1 heterocycles. The smallest absolute Gasteiger partial charge is 0.270 e. The van der Waals surface area contributed by atoms with Gasteiger partial charge in [0.15, 0.2) is 0 Å². The van der Waals surface area contributed by atoms with Gasteiger partial charge in [-0.3, -0.25) is 4.79 Å². The maximum absolute atomic E-state index is 12.2. The third-order valence-corrected chi connectivity index (χ3v) is 3.88. The summed E-state index contributed by atoms with van der Waals surface area (Å²) in [5, 5.41) is 6.19. The van der Waals surface area contributed by atoms with E-state index >= 15 is 0 Å². The van der Waals surface area contributed by atoms with Crippen molar-refractivity contribution in [2.24, 2.45) is 0 Å². The number of carbonyl (C=O) groups excluding carboxylic acids is 1. The van der Waals surface area contributed by atoms with Gasteiger partial charge in [-0.05, 0) is 43.9 Å².